The molecule has 0 saturated carbocycles. The molecule has 2 nitrogen and oxygen atoms in total. The lowest BCUT2D eigenvalue weighted by molar-refractivity contribution is 0.112. The molecule has 2 rings (SSSR count). The van der Waals surface area contributed by atoms with Crippen molar-refractivity contribution in [2.75, 3.05) is 18.0 Å². The molecule has 1 aromatic rings. The molecule has 0 atom stereocenters. The minimum atomic E-state index is 0.432. The molecule has 1 heterocycles. The predicted molar refractivity (Wildman–Crippen MR) is 76.7 cm³/mol. The molecule has 0 radical (unpaired) electrons. The first-order valence-corrected chi connectivity index (χ1v) is 6.89. The van der Waals surface area contributed by atoms with Gasteiger partial charge in [0.25, 0.3) is 0 Å². The quantitative estimate of drug-likeness (QED) is 0.748. The molecule has 3 heteroatoms. The third kappa shape index (κ3) is 3.05. The van der Waals surface area contributed by atoms with Gasteiger partial charge in [0.05, 0.1) is 5.02 Å². The lowest BCUT2D eigenvalue weighted by Crippen LogP contribution is -2.25. The van der Waals surface area contributed by atoms with Crippen LogP contribution in [0.1, 0.15) is 43.5 Å². The summed E-state index contributed by atoms with van der Waals surface area (Å²) in [5, 5.41) is 0.547. The van der Waals surface area contributed by atoms with Gasteiger partial charge in [0.15, 0.2) is 6.29 Å². The molecule has 0 amide bonds. The highest BCUT2D eigenvalue weighted by atomic mass is 35.5. The van der Waals surface area contributed by atoms with Crippen molar-refractivity contribution in [1.82, 2.24) is 0 Å². The third-order valence-electron chi connectivity index (χ3n) is 3.82. The topological polar surface area (TPSA) is 20.3 Å². The van der Waals surface area contributed by atoms with E-state index in [0.717, 1.165) is 25.1 Å². The van der Waals surface area contributed by atoms with Gasteiger partial charge >= 0.3 is 0 Å². The molecule has 0 unspecified atom stereocenters. The second kappa shape index (κ2) is 5.31. The molecule has 0 N–H and O–H groups in total. The van der Waals surface area contributed by atoms with Crippen molar-refractivity contribution in [1.29, 1.82) is 0 Å². The number of benzene rings is 1. The Kier molecular flexibility index (Phi) is 3.96. The van der Waals surface area contributed by atoms with Gasteiger partial charge in [0.1, 0.15) is 0 Å². The summed E-state index contributed by atoms with van der Waals surface area (Å²) in [4.78, 5) is 13.1. The Labute approximate surface area is 114 Å². The largest absolute Gasteiger partial charge is 0.371 e. The number of aldehydes is 1. The summed E-state index contributed by atoms with van der Waals surface area (Å²) < 4.78 is 0. The van der Waals surface area contributed by atoms with Crippen LogP contribution in [0.15, 0.2) is 18.2 Å². The van der Waals surface area contributed by atoms with Crippen LogP contribution in [0.2, 0.25) is 5.02 Å². The Hall–Kier alpha value is -1.02. The van der Waals surface area contributed by atoms with E-state index in [1.54, 1.807) is 6.07 Å². The third-order valence-corrected chi connectivity index (χ3v) is 4.14. The molecule has 1 aliphatic heterocycles. The summed E-state index contributed by atoms with van der Waals surface area (Å²) in [6, 6.07) is 5.71. The summed E-state index contributed by atoms with van der Waals surface area (Å²) in [6.45, 7) is 6.79. The maximum Gasteiger partial charge on any atom is 0.151 e. The van der Waals surface area contributed by atoms with Crippen molar-refractivity contribution < 1.29 is 4.79 Å². The molecular formula is C15H20ClNO. The number of hydrogen-bond acceptors (Lipinski definition) is 2. The van der Waals surface area contributed by atoms with Gasteiger partial charge in [-0.1, -0.05) is 25.4 Å². The fraction of sp³-hybridized carbons (Fsp3) is 0.533. The second-order valence-corrected chi connectivity index (χ2v) is 6.24. The first-order valence-electron chi connectivity index (χ1n) is 6.51. The normalized spacial score (nSPS) is 19.4. The monoisotopic (exact) mass is 265 g/mol. The van der Waals surface area contributed by atoms with Gasteiger partial charge < -0.3 is 4.90 Å². The molecule has 1 saturated heterocycles. The molecule has 18 heavy (non-hydrogen) atoms. The molecule has 1 fully saturated rings. The van der Waals surface area contributed by atoms with E-state index in [0.29, 0.717) is 16.0 Å². The highest BCUT2D eigenvalue weighted by Crippen LogP contribution is 2.32. The smallest absolute Gasteiger partial charge is 0.151 e. The van der Waals surface area contributed by atoms with Crippen molar-refractivity contribution in [3.8, 4) is 0 Å². The van der Waals surface area contributed by atoms with Gasteiger partial charge in [-0.3, -0.25) is 4.79 Å². The van der Waals surface area contributed by atoms with Crippen LogP contribution >= 0.6 is 11.6 Å². The van der Waals surface area contributed by atoms with Crippen molar-refractivity contribution in [2.45, 2.75) is 33.1 Å². The second-order valence-electron chi connectivity index (χ2n) is 5.83. The Morgan fingerprint density at radius 2 is 2.06 bits per heavy atom. The molecule has 1 aliphatic rings. The lowest BCUT2D eigenvalue weighted by atomic mass is 9.85. The fourth-order valence-electron chi connectivity index (χ4n) is 2.49. The van der Waals surface area contributed by atoms with Gasteiger partial charge in [-0.2, -0.15) is 0 Å². The zero-order valence-electron chi connectivity index (χ0n) is 11.1. The molecular weight excluding hydrogens is 246 g/mol. The van der Waals surface area contributed by atoms with E-state index in [1.165, 1.54) is 19.3 Å². The van der Waals surface area contributed by atoms with Crippen LogP contribution in [0.3, 0.4) is 0 Å². The average molecular weight is 266 g/mol. The zero-order chi connectivity index (χ0) is 13.2. The van der Waals surface area contributed by atoms with Crippen LogP contribution in [0.4, 0.5) is 5.69 Å². The molecule has 0 aromatic heterocycles. The van der Waals surface area contributed by atoms with Gasteiger partial charge in [0.2, 0.25) is 0 Å². The van der Waals surface area contributed by atoms with Gasteiger partial charge in [-0.15, -0.1) is 0 Å². The van der Waals surface area contributed by atoms with Crippen LogP contribution in [0.5, 0.6) is 0 Å². The number of hydrogen-bond donors (Lipinski definition) is 0. The van der Waals surface area contributed by atoms with E-state index >= 15 is 0 Å². The summed E-state index contributed by atoms with van der Waals surface area (Å²) in [6.07, 6.45) is 4.47. The van der Waals surface area contributed by atoms with E-state index in [4.69, 9.17) is 11.6 Å². The number of carbonyl (C=O) groups excluding carboxylic acids is 1. The fourth-order valence-corrected chi connectivity index (χ4v) is 2.71. The van der Waals surface area contributed by atoms with Crippen LogP contribution in [0, 0.1) is 5.41 Å². The molecule has 0 aliphatic carbocycles. The standard InChI is InChI=1S/C15H20ClNO/c1-15(2)6-3-8-17(9-7-15)13-5-4-12(11-18)14(16)10-13/h4-5,10-11H,3,6-9H2,1-2H3. The van der Waals surface area contributed by atoms with Crippen molar-refractivity contribution in [2.24, 2.45) is 5.41 Å². The highest BCUT2D eigenvalue weighted by Gasteiger charge is 2.23. The van der Waals surface area contributed by atoms with Gasteiger partial charge in [-0.05, 0) is 42.9 Å². The Morgan fingerprint density at radius 1 is 1.28 bits per heavy atom. The van der Waals surface area contributed by atoms with E-state index in [2.05, 4.69) is 18.7 Å². The molecule has 98 valence electrons. The van der Waals surface area contributed by atoms with Gasteiger partial charge in [0, 0.05) is 24.3 Å². The van der Waals surface area contributed by atoms with Crippen LogP contribution in [0.25, 0.3) is 0 Å². The summed E-state index contributed by atoms with van der Waals surface area (Å²) in [5.74, 6) is 0. The van der Waals surface area contributed by atoms with Crippen LogP contribution in [-0.4, -0.2) is 19.4 Å². The minimum Gasteiger partial charge on any atom is -0.371 e. The minimum absolute atomic E-state index is 0.432. The first-order chi connectivity index (χ1) is 8.52. The molecule has 0 spiro atoms. The van der Waals surface area contributed by atoms with E-state index in [1.807, 2.05) is 12.1 Å². The van der Waals surface area contributed by atoms with E-state index in [9.17, 15) is 4.79 Å². The number of halogens is 1. The predicted octanol–water partition coefficient (Wildman–Crippen LogP) is 4.17. The number of carbonyl (C=O) groups is 1. The van der Waals surface area contributed by atoms with Crippen molar-refractivity contribution >= 4 is 23.6 Å². The number of rotatable bonds is 2. The Bertz CT molecular complexity index is 442. The molecule has 1 aromatic carbocycles. The first kappa shape index (κ1) is 13.4. The van der Waals surface area contributed by atoms with Crippen LogP contribution < -0.4 is 4.90 Å². The maximum absolute atomic E-state index is 10.8. The highest BCUT2D eigenvalue weighted by molar-refractivity contribution is 6.33. The number of anilines is 1. The number of nitrogens with zero attached hydrogens (tertiary/aromatic N) is 1. The van der Waals surface area contributed by atoms with Crippen LogP contribution in [-0.2, 0) is 0 Å². The molecule has 0 bridgehead atoms. The summed E-state index contributed by atoms with van der Waals surface area (Å²) in [7, 11) is 0. The SMILES string of the molecule is CC1(C)CCCN(c2ccc(C=O)c(Cl)c2)CC1. The Balaban J connectivity index is 2.16. The summed E-state index contributed by atoms with van der Waals surface area (Å²) in [5.41, 5.74) is 2.13. The van der Waals surface area contributed by atoms with E-state index in [-0.39, 0.29) is 0 Å². The summed E-state index contributed by atoms with van der Waals surface area (Å²) >= 11 is 6.09. The van der Waals surface area contributed by atoms with Crippen molar-refractivity contribution in [3.63, 3.8) is 0 Å². The van der Waals surface area contributed by atoms with Gasteiger partial charge in [-0.25, -0.2) is 0 Å². The lowest BCUT2D eigenvalue weighted by Gasteiger charge is -2.25. The zero-order valence-corrected chi connectivity index (χ0v) is 11.8. The van der Waals surface area contributed by atoms with Crippen molar-refractivity contribution in [3.05, 3.63) is 28.8 Å². The maximum atomic E-state index is 10.8. The Morgan fingerprint density at radius 3 is 2.72 bits per heavy atom. The van der Waals surface area contributed by atoms with E-state index < -0.39 is 0 Å². The average Bonchev–Trinajstić information content (AvgIpc) is 2.50.